The number of methoxy groups -OCH3 is 2. The molecule has 7 heteroatoms. The van der Waals surface area contributed by atoms with E-state index in [1.165, 1.54) is 20.3 Å². The summed E-state index contributed by atoms with van der Waals surface area (Å²) >= 11 is 2.10. The fourth-order valence-corrected chi connectivity index (χ4v) is 2.20. The summed E-state index contributed by atoms with van der Waals surface area (Å²) in [5.74, 6) is 0.806. The van der Waals surface area contributed by atoms with Crippen LogP contribution in [0, 0.1) is 3.57 Å². The molecule has 20 heavy (non-hydrogen) atoms. The summed E-state index contributed by atoms with van der Waals surface area (Å²) in [5.41, 5.74) is 7.03. The molecule has 0 radical (unpaired) electrons. The summed E-state index contributed by atoms with van der Waals surface area (Å²) in [5, 5.41) is 10.4. The second kappa shape index (κ2) is 6.23. The summed E-state index contributed by atoms with van der Waals surface area (Å²) in [4.78, 5) is 8.25. The molecular formula is C13H14IN3O3. The van der Waals surface area contributed by atoms with E-state index in [1.807, 2.05) is 12.1 Å². The number of halogens is 1. The minimum Gasteiger partial charge on any atom is -0.481 e. The molecule has 1 heterocycles. The molecule has 0 amide bonds. The second-order valence-electron chi connectivity index (χ2n) is 3.96. The van der Waals surface area contributed by atoms with E-state index in [0.717, 1.165) is 3.57 Å². The number of aliphatic hydroxyl groups excluding tert-OH is 1. The normalized spacial score (nSPS) is 12.0. The van der Waals surface area contributed by atoms with Crippen molar-refractivity contribution >= 4 is 28.3 Å². The van der Waals surface area contributed by atoms with Gasteiger partial charge in [0.15, 0.2) is 5.82 Å². The minimum absolute atomic E-state index is 0.176. The molecule has 0 aliphatic heterocycles. The fraction of sp³-hybridized carbons (Fsp3) is 0.231. The van der Waals surface area contributed by atoms with Crippen LogP contribution in [0.25, 0.3) is 0 Å². The highest BCUT2D eigenvalue weighted by atomic mass is 127. The Bertz CT molecular complexity index is 600. The number of hydrogen-bond donors (Lipinski definition) is 2. The standard InChI is InChI=1S/C13H14IN3O3/c1-19-9-6-10(20-2)17-13(16-9)12(18)7-4-3-5-8(14)11(7)15/h3-6,12,18H,15H2,1-2H3. The van der Waals surface area contributed by atoms with Gasteiger partial charge in [0.25, 0.3) is 0 Å². The Labute approximate surface area is 130 Å². The average Bonchev–Trinajstić information content (AvgIpc) is 2.48. The number of aliphatic hydroxyl groups is 1. The van der Waals surface area contributed by atoms with Crippen molar-refractivity contribution in [3.8, 4) is 11.8 Å². The monoisotopic (exact) mass is 387 g/mol. The zero-order valence-electron chi connectivity index (χ0n) is 11.0. The predicted molar refractivity (Wildman–Crippen MR) is 82.8 cm³/mol. The van der Waals surface area contributed by atoms with Gasteiger partial charge in [0.05, 0.1) is 26.0 Å². The lowest BCUT2D eigenvalue weighted by Gasteiger charge is -2.14. The summed E-state index contributed by atoms with van der Waals surface area (Å²) in [7, 11) is 2.97. The Morgan fingerprint density at radius 2 is 1.80 bits per heavy atom. The topological polar surface area (TPSA) is 90.5 Å². The van der Waals surface area contributed by atoms with Gasteiger partial charge in [0.1, 0.15) is 6.10 Å². The number of para-hydroxylation sites is 1. The van der Waals surface area contributed by atoms with Crippen molar-refractivity contribution in [3.63, 3.8) is 0 Å². The molecule has 1 unspecified atom stereocenters. The summed E-state index contributed by atoms with van der Waals surface area (Å²) in [6, 6.07) is 6.94. The maximum absolute atomic E-state index is 10.4. The third kappa shape index (κ3) is 2.93. The molecule has 6 nitrogen and oxygen atoms in total. The van der Waals surface area contributed by atoms with E-state index in [0.29, 0.717) is 23.0 Å². The molecule has 0 aliphatic rings. The van der Waals surface area contributed by atoms with Crippen molar-refractivity contribution in [2.45, 2.75) is 6.10 Å². The number of anilines is 1. The van der Waals surface area contributed by atoms with Gasteiger partial charge in [-0.15, -0.1) is 0 Å². The van der Waals surface area contributed by atoms with Crippen LogP contribution in [0.15, 0.2) is 24.3 Å². The molecule has 1 aromatic carbocycles. The minimum atomic E-state index is -1.05. The maximum Gasteiger partial charge on any atom is 0.220 e. The van der Waals surface area contributed by atoms with E-state index in [4.69, 9.17) is 15.2 Å². The number of benzene rings is 1. The van der Waals surface area contributed by atoms with Crippen LogP contribution in [-0.4, -0.2) is 29.3 Å². The van der Waals surface area contributed by atoms with E-state index < -0.39 is 6.10 Å². The van der Waals surface area contributed by atoms with Crippen LogP contribution in [0.3, 0.4) is 0 Å². The van der Waals surface area contributed by atoms with Crippen molar-refractivity contribution in [3.05, 3.63) is 39.2 Å². The Balaban J connectivity index is 2.47. The number of nitrogens with two attached hydrogens (primary N) is 1. The van der Waals surface area contributed by atoms with Gasteiger partial charge < -0.3 is 20.3 Å². The first-order chi connectivity index (χ1) is 9.56. The lowest BCUT2D eigenvalue weighted by atomic mass is 10.1. The van der Waals surface area contributed by atoms with Gasteiger partial charge in [-0.1, -0.05) is 12.1 Å². The van der Waals surface area contributed by atoms with Gasteiger partial charge in [-0.2, -0.15) is 9.97 Å². The van der Waals surface area contributed by atoms with E-state index in [2.05, 4.69) is 32.6 Å². The van der Waals surface area contributed by atoms with Crippen LogP contribution in [0.1, 0.15) is 17.5 Å². The van der Waals surface area contributed by atoms with Crippen LogP contribution in [0.5, 0.6) is 11.8 Å². The molecule has 3 N–H and O–H groups in total. The van der Waals surface area contributed by atoms with Crippen LogP contribution in [0.2, 0.25) is 0 Å². The predicted octanol–water partition coefficient (Wildman–Crippen LogP) is 1.76. The second-order valence-corrected chi connectivity index (χ2v) is 5.12. The largest absolute Gasteiger partial charge is 0.481 e. The Morgan fingerprint density at radius 1 is 1.20 bits per heavy atom. The first kappa shape index (κ1) is 14.8. The molecule has 0 spiro atoms. The van der Waals surface area contributed by atoms with Crippen LogP contribution < -0.4 is 15.2 Å². The molecule has 1 atom stereocenters. The number of nitrogens with zero attached hydrogens (tertiary/aromatic N) is 2. The SMILES string of the molecule is COc1cc(OC)nc(C(O)c2cccc(I)c2N)n1. The zero-order chi connectivity index (χ0) is 14.7. The van der Waals surface area contributed by atoms with Crippen molar-refractivity contribution in [2.75, 3.05) is 20.0 Å². The van der Waals surface area contributed by atoms with Gasteiger partial charge in [-0.05, 0) is 28.7 Å². The number of aromatic nitrogens is 2. The van der Waals surface area contributed by atoms with E-state index >= 15 is 0 Å². The van der Waals surface area contributed by atoms with Crippen molar-refractivity contribution in [2.24, 2.45) is 0 Å². The van der Waals surface area contributed by atoms with E-state index in [-0.39, 0.29) is 5.82 Å². The summed E-state index contributed by atoms with van der Waals surface area (Å²) in [6.45, 7) is 0. The van der Waals surface area contributed by atoms with Crippen molar-refractivity contribution < 1.29 is 14.6 Å². The van der Waals surface area contributed by atoms with Gasteiger partial charge in [0.2, 0.25) is 11.8 Å². The van der Waals surface area contributed by atoms with Crippen molar-refractivity contribution in [1.29, 1.82) is 0 Å². The smallest absolute Gasteiger partial charge is 0.220 e. The Hall–Kier alpha value is -1.61. The first-order valence-corrected chi connectivity index (χ1v) is 6.83. The average molecular weight is 387 g/mol. The Morgan fingerprint density at radius 3 is 2.35 bits per heavy atom. The molecule has 2 rings (SSSR count). The lowest BCUT2D eigenvalue weighted by molar-refractivity contribution is 0.206. The number of ether oxygens (including phenoxy) is 2. The maximum atomic E-state index is 10.4. The van der Waals surface area contributed by atoms with Gasteiger partial charge in [-0.25, -0.2) is 0 Å². The van der Waals surface area contributed by atoms with Crippen molar-refractivity contribution in [1.82, 2.24) is 9.97 Å². The molecule has 0 saturated heterocycles. The fourth-order valence-electron chi connectivity index (χ4n) is 1.68. The third-order valence-corrected chi connectivity index (χ3v) is 3.68. The molecule has 0 aliphatic carbocycles. The van der Waals surface area contributed by atoms with Crippen LogP contribution in [-0.2, 0) is 0 Å². The first-order valence-electron chi connectivity index (χ1n) is 5.75. The highest BCUT2D eigenvalue weighted by Crippen LogP contribution is 2.29. The van der Waals surface area contributed by atoms with Gasteiger partial charge in [-0.3, -0.25) is 0 Å². The van der Waals surface area contributed by atoms with Gasteiger partial charge in [0, 0.05) is 9.13 Å². The Kier molecular flexibility index (Phi) is 4.61. The summed E-state index contributed by atoms with van der Waals surface area (Å²) in [6.07, 6.45) is -1.05. The van der Waals surface area contributed by atoms with Crippen LogP contribution in [0.4, 0.5) is 5.69 Å². The number of rotatable bonds is 4. The molecule has 106 valence electrons. The lowest BCUT2D eigenvalue weighted by Crippen LogP contribution is -2.10. The molecule has 0 saturated carbocycles. The zero-order valence-corrected chi connectivity index (χ0v) is 13.2. The molecule has 0 fully saturated rings. The van der Waals surface area contributed by atoms with Crippen LogP contribution >= 0.6 is 22.6 Å². The molecule has 2 aromatic rings. The van der Waals surface area contributed by atoms with E-state index in [1.54, 1.807) is 6.07 Å². The number of nitrogen functional groups attached to an aromatic ring is 1. The molecule has 0 bridgehead atoms. The van der Waals surface area contributed by atoms with E-state index in [9.17, 15) is 5.11 Å². The van der Waals surface area contributed by atoms with Gasteiger partial charge >= 0.3 is 0 Å². The third-order valence-electron chi connectivity index (χ3n) is 2.74. The summed E-state index contributed by atoms with van der Waals surface area (Å²) < 4.78 is 11.0. The highest BCUT2D eigenvalue weighted by molar-refractivity contribution is 14.1. The molecular weight excluding hydrogens is 373 g/mol. The molecule has 1 aromatic heterocycles. The highest BCUT2D eigenvalue weighted by Gasteiger charge is 2.19. The number of hydrogen-bond acceptors (Lipinski definition) is 6. The quantitative estimate of drug-likeness (QED) is 0.614.